The van der Waals surface area contributed by atoms with Crippen molar-refractivity contribution >= 4 is 17.5 Å². The highest BCUT2D eigenvalue weighted by atomic mass is 16.5. The van der Waals surface area contributed by atoms with Gasteiger partial charge in [-0.25, -0.2) is 9.80 Å². The number of amidine groups is 1. The Morgan fingerprint density at radius 3 is 2.13 bits per heavy atom. The van der Waals surface area contributed by atoms with Crippen LogP contribution < -0.4 is 5.01 Å². The van der Waals surface area contributed by atoms with Crippen molar-refractivity contribution in [1.29, 1.82) is 0 Å². The van der Waals surface area contributed by atoms with Crippen molar-refractivity contribution in [2.45, 2.75) is 26.1 Å². The molecule has 0 aromatic heterocycles. The first-order chi connectivity index (χ1) is 14.6. The van der Waals surface area contributed by atoms with Gasteiger partial charge in [-0.05, 0) is 37.1 Å². The van der Waals surface area contributed by atoms with Gasteiger partial charge in [0.2, 0.25) is 5.84 Å². The highest BCUT2D eigenvalue weighted by Gasteiger charge is 2.42. The SMILES string of the molecule is COC(=O)C1=NN(c2ccc(C)cc2)[C@@H](c2ccccc2)N1[C@@H](C)c1ccccc1. The fourth-order valence-electron chi connectivity index (χ4n) is 3.79. The molecule has 4 rings (SSSR count). The lowest BCUT2D eigenvalue weighted by Crippen LogP contribution is -2.40. The molecule has 0 amide bonds. The number of benzene rings is 3. The molecular weight excluding hydrogens is 374 g/mol. The Balaban J connectivity index is 1.86. The summed E-state index contributed by atoms with van der Waals surface area (Å²) in [5, 5.41) is 6.65. The number of esters is 1. The Morgan fingerprint density at radius 1 is 0.933 bits per heavy atom. The topological polar surface area (TPSA) is 45.1 Å². The summed E-state index contributed by atoms with van der Waals surface area (Å²) in [5.74, 6) is -0.156. The Bertz CT molecular complexity index is 1030. The molecule has 30 heavy (non-hydrogen) atoms. The molecule has 152 valence electrons. The summed E-state index contributed by atoms with van der Waals surface area (Å²) >= 11 is 0. The number of anilines is 1. The van der Waals surface area contributed by atoms with Gasteiger partial charge in [0.05, 0.1) is 18.8 Å². The molecule has 0 bridgehead atoms. The summed E-state index contributed by atoms with van der Waals surface area (Å²) in [4.78, 5) is 14.8. The highest BCUT2D eigenvalue weighted by Crippen LogP contribution is 2.40. The largest absolute Gasteiger partial charge is 0.463 e. The van der Waals surface area contributed by atoms with E-state index in [-0.39, 0.29) is 12.2 Å². The molecule has 0 N–H and O–H groups in total. The number of ether oxygens (including phenoxy) is 1. The third kappa shape index (κ3) is 3.66. The number of methoxy groups -OCH3 is 1. The molecule has 0 radical (unpaired) electrons. The van der Waals surface area contributed by atoms with Crippen LogP contribution in [-0.2, 0) is 9.53 Å². The van der Waals surface area contributed by atoms with E-state index in [1.807, 2.05) is 70.6 Å². The predicted octanol–water partition coefficient (Wildman–Crippen LogP) is 5.06. The second-order valence-electron chi connectivity index (χ2n) is 7.37. The van der Waals surface area contributed by atoms with Gasteiger partial charge in [0.15, 0.2) is 6.17 Å². The van der Waals surface area contributed by atoms with E-state index in [1.54, 1.807) is 0 Å². The number of carbonyl (C=O) groups is 1. The lowest BCUT2D eigenvalue weighted by Gasteiger charge is -2.36. The summed E-state index contributed by atoms with van der Waals surface area (Å²) < 4.78 is 5.10. The lowest BCUT2D eigenvalue weighted by molar-refractivity contribution is -0.133. The molecule has 5 nitrogen and oxygen atoms in total. The van der Waals surface area contributed by atoms with Crippen LogP contribution in [0.4, 0.5) is 5.69 Å². The zero-order valence-corrected chi connectivity index (χ0v) is 17.4. The predicted molar refractivity (Wildman–Crippen MR) is 119 cm³/mol. The van der Waals surface area contributed by atoms with Crippen LogP contribution in [0.25, 0.3) is 0 Å². The molecule has 0 saturated heterocycles. The van der Waals surface area contributed by atoms with Crippen molar-refractivity contribution in [1.82, 2.24) is 4.90 Å². The van der Waals surface area contributed by atoms with Crippen LogP contribution >= 0.6 is 0 Å². The summed E-state index contributed by atoms with van der Waals surface area (Å²) in [7, 11) is 1.39. The van der Waals surface area contributed by atoms with E-state index in [9.17, 15) is 4.79 Å². The zero-order chi connectivity index (χ0) is 21.1. The third-order valence-corrected chi connectivity index (χ3v) is 5.41. The summed E-state index contributed by atoms with van der Waals surface area (Å²) in [6, 6.07) is 28.3. The molecule has 2 atom stereocenters. The van der Waals surface area contributed by atoms with E-state index >= 15 is 0 Å². The van der Waals surface area contributed by atoms with E-state index in [0.717, 1.165) is 16.8 Å². The standard InChI is InChI=1S/C25H25N3O2/c1-18-14-16-22(17-15-18)28-24(21-12-8-5-9-13-21)27(23(26-28)25(29)30-3)19(2)20-10-6-4-7-11-20/h4-17,19,24H,1-3H3/t19-,24-/m0/s1. The smallest absolute Gasteiger partial charge is 0.375 e. The van der Waals surface area contributed by atoms with Gasteiger partial charge in [-0.15, -0.1) is 5.10 Å². The minimum absolute atomic E-state index is 0.0929. The van der Waals surface area contributed by atoms with Crippen LogP contribution in [0.3, 0.4) is 0 Å². The van der Waals surface area contributed by atoms with Crippen molar-refractivity contribution in [2.24, 2.45) is 5.10 Å². The average Bonchev–Trinajstić information content (AvgIpc) is 3.20. The number of hydrogen-bond donors (Lipinski definition) is 0. The monoisotopic (exact) mass is 399 g/mol. The molecule has 1 aliphatic rings. The number of nitrogens with zero attached hydrogens (tertiary/aromatic N) is 3. The molecule has 1 aliphatic heterocycles. The zero-order valence-electron chi connectivity index (χ0n) is 17.4. The van der Waals surface area contributed by atoms with Crippen molar-refractivity contribution in [3.8, 4) is 0 Å². The minimum Gasteiger partial charge on any atom is -0.463 e. The van der Waals surface area contributed by atoms with Crippen molar-refractivity contribution in [3.05, 3.63) is 102 Å². The van der Waals surface area contributed by atoms with Gasteiger partial charge >= 0.3 is 5.97 Å². The Morgan fingerprint density at radius 2 is 1.53 bits per heavy atom. The fraction of sp³-hybridized carbons (Fsp3) is 0.200. The number of carbonyl (C=O) groups excluding carboxylic acids is 1. The summed E-state index contributed by atoms with van der Waals surface area (Å²) in [6.07, 6.45) is -0.279. The second-order valence-corrected chi connectivity index (χ2v) is 7.37. The van der Waals surface area contributed by atoms with Crippen molar-refractivity contribution in [2.75, 3.05) is 12.1 Å². The Labute approximate surface area is 177 Å². The number of aryl methyl sites for hydroxylation is 1. The van der Waals surface area contributed by atoms with Crippen molar-refractivity contribution in [3.63, 3.8) is 0 Å². The molecule has 3 aromatic carbocycles. The van der Waals surface area contributed by atoms with E-state index in [0.29, 0.717) is 5.84 Å². The maximum absolute atomic E-state index is 12.7. The molecule has 1 heterocycles. The maximum Gasteiger partial charge on any atom is 0.375 e. The number of hydrazone groups is 1. The lowest BCUT2D eigenvalue weighted by atomic mass is 10.0. The number of rotatable bonds is 5. The third-order valence-electron chi connectivity index (χ3n) is 5.41. The quantitative estimate of drug-likeness (QED) is 0.563. The molecule has 0 saturated carbocycles. The van der Waals surface area contributed by atoms with Crippen molar-refractivity contribution < 1.29 is 9.53 Å². The Hall–Kier alpha value is -3.60. The molecule has 0 spiro atoms. The average molecular weight is 399 g/mol. The van der Waals surface area contributed by atoms with Gasteiger partial charge in [0.25, 0.3) is 0 Å². The molecule has 3 aromatic rings. The minimum atomic E-state index is -0.451. The molecule has 0 aliphatic carbocycles. The van der Waals surface area contributed by atoms with Crippen LogP contribution in [-0.4, -0.2) is 23.8 Å². The van der Waals surface area contributed by atoms with E-state index < -0.39 is 5.97 Å². The van der Waals surface area contributed by atoms with Gasteiger partial charge in [-0.2, -0.15) is 0 Å². The van der Waals surface area contributed by atoms with Gasteiger partial charge in [-0.3, -0.25) is 0 Å². The van der Waals surface area contributed by atoms with E-state index in [1.165, 1.54) is 12.7 Å². The van der Waals surface area contributed by atoms with Crippen LogP contribution in [0.5, 0.6) is 0 Å². The molecule has 5 heteroatoms. The summed E-state index contributed by atoms with van der Waals surface area (Å²) in [5.41, 5.74) is 4.23. The number of hydrogen-bond acceptors (Lipinski definition) is 5. The van der Waals surface area contributed by atoms with Gasteiger partial charge < -0.3 is 9.64 Å². The van der Waals surface area contributed by atoms with Crippen LogP contribution in [0.1, 0.15) is 35.8 Å². The van der Waals surface area contributed by atoms with Gasteiger partial charge in [0, 0.05) is 0 Å². The van der Waals surface area contributed by atoms with E-state index in [2.05, 4.69) is 38.1 Å². The van der Waals surface area contributed by atoms with Gasteiger partial charge in [-0.1, -0.05) is 78.4 Å². The van der Waals surface area contributed by atoms with Crippen LogP contribution in [0, 0.1) is 6.92 Å². The first-order valence-corrected chi connectivity index (χ1v) is 10.0. The normalized spacial score (nSPS) is 16.9. The van der Waals surface area contributed by atoms with E-state index in [4.69, 9.17) is 9.84 Å². The molecular formula is C25H25N3O2. The molecule has 0 unspecified atom stereocenters. The summed E-state index contributed by atoms with van der Waals surface area (Å²) in [6.45, 7) is 4.14. The maximum atomic E-state index is 12.7. The van der Waals surface area contributed by atoms with Gasteiger partial charge in [0.1, 0.15) is 0 Å². The van der Waals surface area contributed by atoms with Crippen LogP contribution in [0.15, 0.2) is 90.0 Å². The fourth-order valence-corrected chi connectivity index (χ4v) is 3.79. The molecule has 0 fully saturated rings. The highest BCUT2D eigenvalue weighted by molar-refractivity contribution is 6.36. The Kier molecular flexibility index (Phi) is 5.53. The first kappa shape index (κ1) is 19.7. The van der Waals surface area contributed by atoms with Crippen LogP contribution in [0.2, 0.25) is 0 Å². The second kappa shape index (κ2) is 8.41. The first-order valence-electron chi connectivity index (χ1n) is 10.0.